The molecular formula is C13H24ClN3S. The molecule has 0 aliphatic carbocycles. The molecule has 0 aromatic carbocycles. The lowest BCUT2D eigenvalue weighted by Gasteiger charge is -2.34. The smallest absolute Gasteiger partial charge is 0.107 e. The van der Waals surface area contributed by atoms with Crippen LogP contribution in [0.5, 0.6) is 0 Å². The normalized spacial score (nSPS) is 24.8. The summed E-state index contributed by atoms with van der Waals surface area (Å²) in [5, 5.41) is 3.47. The van der Waals surface area contributed by atoms with Gasteiger partial charge in [0.15, 0.2) is 0 Å². The zero-order chi connectivity index (χ0) is 12.3. The van der Waals surface area contributed by atoms with E-state index < -0.39 is 0 Å². The van der Waals surface area contributed by atoms with Crippen LogP contribution in [0.15, 0.2) is 5.38 Å². The molecule has 0 radical (unpaired) electrons. The van der Waals surface area contributed by atoms with E-state index in [4.69, 9.17) is 5.73 Å². The minimum absolute atomic E-state index is 0. The van der Waals surface area contributed by atoms with E-state index in [1.165, 1.54) is 17.1 Å². The van der Waals surface area contributed by atoms with E-state index in [-0.39, 0.29) is 12.4 Å². The molecule has 1 aliphatic heterocycles. The number of likely N-dealkylation sites (tertiary alicyclic amines) is 1. The second kappa shape index (κ2) is 7.43. The molecule has 0 spiro atoms. The largest absolute Gasteiger partial charge is 0.327 e. The molecule has 1 fully saturated rings. The number of rotatable bonds is 4. The second-order valence-corrected chi connectivity index (χ2v) is 6.09. The summed E-state index contributed by atoms with van der Waals surface area (Å²) in [4.78, 5) is 7.17. The number of hydrogen-bond donors (Lipinski definition) is 1. The van der Waals surface area contributed by atoms with E-state index in [9.17, 15) is 0 Å². The third-order valence-corrected chi connectivity index (χ3v) is 4.40. The summed E-state index contributed by atoms with van der Waals surface area (Å²) < 4.78 is 0. The van der Waals surface area contributed by atoms with Crippen LogP contribution in [-0.2, 0) is 13.0 Å². The van der Waals surface area contributed by atoms with Crippen molar-refractivity contribution in [3.8, 4) is 0 Å². The molecule has 0 bridgehead atoms. The van der Waals surface area contributed by atoms with Crippen LogP contribution in [-0.4, -0.2) is 29.0 Å². The number of piperidine rings is 1. The summed E-state index contributed by atoms with van der Waals surface area (Å²) in [7, 11) is 0. The van der Waals surface area contributed by atoms with Crippen LogP contribution in [0.4, 0.5) is 0 Å². The molecule has 2 atom stereocenters. The lowest BCUT2D eigenvalue weighted by Crippen LogP contribution is -2.45. The van der Waals surface area contributed by atoms with E-state index in [2.05, 4.69) is 29.1 Å². The van der Waals surface area contributed by atoms with Crippen molar-refractivity contribution in [1.29, 1.82) is 0 Å². The SMILES string of the molecule is CCCc1csc(CN2CCC(N)C(C)C2)n1.Cl. The van der Waals surface area contributed by atoms with Crippen LogP contribution in [0.3, 0.4) is 0 Å². The molecule has 18 heavy (non-hydrogen) atoms. The van der Waals surface area contributed by atoms with Gasteiger partial charge >= 0.3 is 0 Å². The third kappa shape index (κ3) is 4.19. The monoisotopic (exact) mass is 289 g/mol. The molecule has 1 aliphatic rings. The number of nitrogens with zero attached hydrogens (tertiary/aromatic N) is 2. The van der Waals surface area contributed by atoms with Crippen LogP contribution in [0, 0.1) is 5.92 Å². The Morgan fingerprint density at radius 1 is 1.56 bits per heavy atom. The van der Waals surface area contributed by atoms with Crippen molar-refractivity contribution in [3.05, 3.63) is 16.1 Å². The maximum absolute atomic E-state index is 6.04. The molecule has 0 saturated carbocycles. The lowest BCUT2D eigenvalue weighted by molar-refractivity contribution is 0.157. The standard InChI is InChI=1S/C13H23N3S.ClH/c1-3-4-11-9-17-13(15-11)8-16-6-5-12(14)10(2)7-16;/h9-10,12H,3-8,14H2,1-2H3;1H. The summed E-state index contributed by atoms with van der Waals surface area (Å²) >= 11 is 1.80. The first-order chi connectivity index (χ1) is 8.19. The maximum atomic E-state index is 6.04. The third-order valence-electron chi connectivity index (χ3n) is 3.52. The van der Waals surface area contributed by atoms with Crippen molar-refractivity contribution in [1.82, 2.24) is 9.88 Å². The number of aryl methyl sites for hydroxylation is 1. The van der Waals surface area contributed by atoms with Crippen molar-refractivity contribution in [2.75, 3.05) is 13.1 Å². The zero-order valence-electron chi connectivity index (χ0n) is 11.3. The summed E-state index contributed by atoms with van der Waals surface area (Å²) in [5.74, 6) is 0.610. The average molecular weight is 290 g/mol. The van der Waals surface area contributed by atoms with Gasteiger partial charge in [0.1, 0.15) is 5.01 Å². The number of hydrogen-bond acceptors (Lipinski definition) is 4. The van der Waals surface area contributed by atoms with Gasteiger partial charge in [-0.15, -0.1) is 23.7 Å². The Balaban J connectivity index is 0.00000162. The first-order valence-corrected chi connectivity index (χ1v) is 7.48. The van der Waals surface area contributed by atoms with E-state index >= 15 is 0 Å². The highest BCUT2D eigenvalue weighted by Crippen LogP contribution is 2.19. The predicted molar refractivity (Wildman–Crippen MR) is 80.4 cm³/mol. The second-order valence-electron chi connectivity index (χ2n) is 5.15. The quantitative estimate of drug-likeness (QED) is 0.927. The minimum Gasteiger partial charge on any atom is -0.327 e. The highest BCUT2D eigenvalue weighted by atomic mass is 35.5. The molecule has 2 unspecified atom stereocenters. The molecule has 2 rings (SSSR count). The van der Waals surface area contributed by atoms with Crippen LogP contribution in [0.1, 0.15) is 37.4 Å². The first-order valence-electron chi connectivity index (χ1n) is 6.60. The van der Waals surface area contributed by atoms with E-state index in [1.54, 1.807) is 11.3 Å². The van der Waals surface area contributed by atoms with Crippen LogP contribution < -0.4 is 5.73 Å². The fourth-order valence-corrected chi connectivity index (χ4v) is 3.25. The molecule has 1 aromatic rings. The predicted octanol–water partition coefficient (Wildman–Crippen LogP) is 2.69. The van der Waals surface area contributed by atoms with Gasteiger partial charge in [0, 0.05) is 24.5 Å². The number of nitrogens with two attached hydrogens (primary N) is 1. The van der Waals surface area contributed by atoms with Gasteiger partial charge in [-0.1, -0.05) is 20.3 Å². The van der Waals surface area contributed by atoms with E-state index in [0.29, 0.717) is 12.0 Å². The summed E-state index contributed by atoms with van der Waals surface area (Å²) in [6.45, 7) is 7.69. The molecule has 5 heteroatoms. The van der Waals surface area contributed by atoms with Crippen molar-refractivity contribution in [3.63, 3.8) is 0 Å². The van der Waals surface area contributed by atoms with Crippen molar-refractivity contribution in [2.24, 2.45) is 11.7 Å². The molecule has 1 saturated heterocycles. The fourth-order valence-electron chi connectivity index (χ4n) is 2.38. The van der Waals surface area contributed by atoms with Crippen LogP contribution >= 0.6 is 23.7 Å². The van der Waals surface area contributed by atoms with E-state index in [1.807, 2.05) is 0 Å². The van der Waals surface area contributed by atoms with Gasteiger partial charge in [-0.2, -0.15) is 0 Å². The van der Waals surface area contributed by atoms with Gasteiger partial charge < -0.3 is 5.73 Å². The summed E-state index contributed by atoms with van der Waals surface area (Å²) in [6.07, 6.45) is 3.41. The topological polar surface area (TPSA) is 42.1 Å². The fraction of sp³-hybridized carbons (Fsp3) is 0.769. The molecule has 1 aromatic heterocycles. The van der Waals surface area contributed by atoms with Crippen LogP contribution in [0.25, 0.3) is 0 Å². The lowest BCUT2D eigenvalue weighted by atomic mass is 9.95. The zero-order valence-corrected chi connectivity index (χ0v) is 12.9. The molecular weight excluding hydrogens is 266 g/mol. The van der Waals surface area contributed by atoms with Crippen molar-refractivity contribution >= 4 is 23.7 Å². The van der Waals surface area contributed by atoms with Crippen molar-refractivity contribution < 1.29 is 0 Å². The van der Waals surface area contributed by atoms with E-state index in [0.717, 1.165) is 32.5 Å². The Hall–Kier alpha value is -0.160. The number of aromatic nitrogens is 1. The Morgan fingerprint density at radius 2 is 2.33 bits per heavy atom. The van der Waals surface area contributed by atoms with Gasteiger partial charge in [-0.25, -0.2) is 4.98 Å². The Morgan fingerprint density at radius 3 is 3.00 bits per heavy atom. The van der Waals surface area contributed by atoms with Gasteiger partial charge in [0.25, 0.3) is 0 Å². The molecule has 2 heterocycles. The molecule has 104 valence electrons. The average Bonchev–Trinajstić information content (AvgIpc) is 2.72. The van der Waals surface area contributed by atoms with Gasteiger partial charge in [0.2, 0.25) is 0 Å². The summed E-state index contributed by atoms with van der Waals surface area (Å²) in [5.41, 5.74) is 7.30. The first kappa shape index (κ1) is 15.9. The Bertz CT molecular complexity index is 356. The number of thiazole rings is 1. The van der Waals surface area contributed by atoms with Gasteiger partial charge in [-0.05, 0) is 18.8 Å². The minimum atomic E-state index is 0. The molecule has 2 N–H and O–H groups in total. The Kier molecular flexibility index (Phi) is 6.57. The van der Waals surface area contributed by atoms with Gasteiger partial charge in [-0.3, -0.25) is 4.90 Å². The Labute approximate surface area is 120 Å². The van der Waals surface area contributed by atoms with Gasteiger partial charge in [0.05, 0.1) is 12.2 Å². The maximum Gasteiger partial charge on any atom is 0.107 e. The highest BCUT2D eigenvalue weighted by molar-refractivity contribution is 7.09. The summed E-state index contributed by atoms with van der Waals surface area (Å²) in [6, 6.07) is 0.387. The number of halogens is 1. The highest BCUT2D eigenvalue weighted by Gasteiger charge is 2.23. The van der Waals surface area contributed by atoms with Crippen molar-refractivity contribution in [2.45, 2.75) is 45.7 Å². The van der Waals surface area contributed by atoms with Crippen LogP contribution in [0.2, 0.25) is 0 Å². The molecule has 0 amide bonds. The molecule has 3 nitrogen and oxygen atoms in total.